The van der Waals surface area contributed by atoms with Gasteiger partial charge < -0.3 is 10.3 Å². The second-order valence-corrected chi connectivity index (χ2v) is 6.22. The van der Waals surface area contributed by atoms with Crippen LogP contribution in [0.2, 0.25) is 0 Å². The molecule has 0 aromatic carbocycles. The maximum Gasteiger partial charge on any atom is 0.284 e. The van der Waals surface area contributed by atoms with Gasteiger partial charge in [-0.15, -0.1) is 11.8 Å². The molecule has 2 heterocycles. The summed E-state index contributed by atoms with van der Waals surface area (Å²) in [7, 11) is 0. The van der Waals surface area contributed by atoms with E-state index in [-0.39, 0.29) is 22.1 Å². The summed E-state index contributed by atoms with van der Waals surface area (Å²) < 4.78 is 9.65. The van der Waals surface area contributed by atoms with Crippen LogP contribution in [0, 0.1) is 0 Å². The Morgan fingerprint density at radius 1 is 1.24 bits per heavy atom. The Bertz CT molecular complexity index is 501. The minimum atomic E-state index is 0.142. The van der Waals surface area contributed by atoms with Gasteiger partial charge in [0.2, 0.25) is 11.5 Å². The first-order chi connectivity index (χ1) is 7.96. The van der Waals surface area contributed by atoms with Gasteiger partial charge in [0.15, 0.2) is 5.82 Å². The van der Waals surface area contributed by atoms with E-state index in [4.69, 9.17) is 10.3 Å². The van der Waals surface area contributed by atoms with Crippen molar-refractivity contribution in [3.63, 3.8) is 0 Å². The summed E-state index contributed by atoms with van der Waals surface area (Å²) in [5.41, 5.74) is 5.81. The van der Waals surface area contributed by atoms with Gasteiger partial charge in [-0.25, -0.2) is 4.63 Å². The van der Waals surface area contributed by atoms with Crippen LogP contribution in [0.3, 0.4) is 0 Å². The summed E-state index contributed by atoms with van der Waals surface area (Å²) in [6.07, 6.45) is 0. The predicted octanol–water partition coefficient (Wildman–Crippen LogP) is 1.73. The first-order valence-corrected chi connectivity index (χ1v) is 5.99. The first-order valence-electron chi connectivity index (χ1n) is 5.00. The molecule has 0 fully saturated rings. The minimum absolute atomic E-state index is 0.142. The van der Waals surface area contributed by atoms with E-state index in [9.17, 15) is 0 Å². The number of anilines is 1. The first kappa shape index (κ1) is 11.9. The fourth-order valence-corrected chi connectivity index (χ4v) is 1.71. The van der Waals surface area contributed by atoms with Crippen LogP contribution in [0.15, 0.2) is 9.15 Å². The Morgan fingerprint density at radius 3 is 2.59 bits per heavy atom. The molecule has 2 aromatic rings. The predicted molar refractivity (Wildman–Crippen MR) is 63.1 cm³/mol. The Balaban J connectivity index is 2.09. The largest absolute Gasteiger partial charge is 0.379 e. The topological polar surface area (TPSA) is 104 Å². The fraction of sp³-hybridized carbons (Fsp3) is 0.556. The highest BCUT2D eigenvalue weighted by atomic mass is 32.2. The molecule has 0 saturated carbocycles. The molecule has 0 atom stereocenters. The standard InChI is InChI=1S/C9H13N5O2S/c1-9(2,3)17-4-5-11-8(15-12-5)6-7(10)14-16-13-6/h4H2,1-3H3,(H2,10,14). The molecule has 8 heteroatoms. The second-order valence-electron chi connectivity index (χ2n) is 4.41. The van der Waals surface area contributed by atoms with Gasteiger partial charge in [0.1, 0.15) is 0 Å². The van der Waals surface area contributed by atoms with Crippen LogP contribution in [0.25, 0.3) is 11.6 Å². The number of nitrogens with zero attached hydrogens (tertiary/aromatic N) is 4. The van der Waals surface area contributed by atoms with Crippen LogP contribution in [0.5, 0.6) is 0 Å². The summed E-state index contributed by atoms with van der Waals surface area (Å²) in [4.78, 5) is 4.18. The van der Waals surface area contributed by atoms with Gasteiger partial charge in [0.25, 0.3) is 5.89 Å². The van der Waals surface area contributed by atoms with Crippen LogP contribution < -0.4 is 5.73 Å². The van der Waals surface area contributed by atoms with Crippen molar-refractivity contribution in [3.8, 4) is 11.6 Å². The molecule has 2 N–H and O–H groups in total. The zero-order valence-electron chi connectivity index (χ0n) is 9.80. The second kappa shape index (κ2) is 4.36. The van der Waals surface area contributed by atoms with Crippen LogP contribution in [-0.4, -0.2) is 25.2 Å². The van der Waals surface area contributed by atoms with Crippen molar-refractivity contribution in [2.75, 3.05) is 5.73 Å². The summed E-state index contributed by atoms with van der Waals surface area (Å²) in [6, 6.07) is 0. The highest BCUT2D eigenvalue weighted by molar-refractivity contribution is 7.99. The lowest BCUT2D eigenvalue weighted by molar-refractivity contribution is 0.308. The van der Waals surface area contributed by atoms with Crippen molar-refractivity contribution in [1.82, 2.24) is 20.5 Å². The number of hydrogen-bond acceptors (Lipinski definition) is 8. The van der Waals surface area contributed by atoms with E-state index >= 15 is 0 Å². The van der Waals surface area contributed by atoms with Crippen molar-refractivity contribution in [2.45, 2.75) is 31.3 Å². The molecule has 0 spiro atoms. The summed E-state index contributed by atoms with van der Waals surface area (Å²) in [6.45, 7) is 6.37. The Kier molecular flexibility index (Phi) is 3.05. The van der Waals surface area contributed by atoms with E-state index in [0.717, 1.165) is 0 Å². The number of aromatic nitrogens is 4. The SMILES string of the molecule is CC(C)(C)SCc1noc(-c2nonc2N)n1. The zero-order chi connectivity index (χ0) is 12.5. The van der Waals surface area contributed by atoms with Crippen LogP contribution >= 0.6 is 11.8 Å². The van der Waals surface area contributed by atoms with Crippen LogP contribution in [-0.2, 0) is 5.75 Å². The van der Waals surface area contributed by atoms with Gasteiger partial charge in [0.05, 0.1) is 5.75 Å². The van der Waals surface area contributed by atoms with E-state index in [1.54, 1.807) is 11.8 Å². The molecule has 0 amide bonds. The maximum absolute atomic E-state index is 5.52. The third-order valence-corrected chi connectivity index (χ3v) is 3.09. The van der Waals surface area contributed by atoms with Crippen molar-refractivity contribution in [1.29, 1.82) is 0 Å². The van der Waals surface area contributed by atoms with Crippen molar-refractivity contribution in [2.24, 2.45) is 0 Å². The highest BCUT2D eigenvalue weighted by Gasteiger charge is 2.18. The lowest BCUT2D eigenvalue weighted by atomic mass is 10.3. The molecule has 0 aliphatic carbocycles. The van der Waals surface area contributed by atoms with Crippen LogP contribution in [0.4, 0.5) is 5.82 Å². The number of thioether (sulfide) groups is 1. The van der Waals surface area contributed by atoms with Crippen LogP contribution in [0.1, 0.15) is 26.6 Å². The summed E-state index contributed by atoms with van der Waals surface area (Å²) >= 11 is 1.73. The molecule has 0 radical (unpaired) electrons. The summed E-state index contributed by atoms with van der Waals surface area (Å²) in [5, 5.41) is 10.9. The van der Waals surface area contributed by atoms with Gasteiger partial charge in [-0.05, 0) is 10.3 Å². The molecular formula is C9H13N5O2S. The molecule has 0 unspecified atom stereocenters. The Morgan fingerprint density at radius 2 is 2.00 bits per heavy atom. The van der Waals surface area contributed by atoms with E-state index < -0.39 is 0 Å². The van der Waals surface area contributed by atoms with Crippen molar-refractivity contribution >= 4 is 17.6 Å². The average molecular weight is 255 g/mol. The number of nitrogens with two attached hydrogens (primary N) is 1. The fourth-order valence-electron chi connectivity index (χ4n) is 1.03. The molecule has 0 saturated heterocycles. The van der Waals surface area contributed by atoms with Crippen molar-refractivity contribution < 1.29 is 9.15 Å². The van der Waals surface area contributed by atoms with E-state index in [2.05, 4.69) is 45.9 Å². The monoisotopic (exact) mass is 255 g/mol. The van der Waals surface area contributed by atoms with E-state index in [1.165, 1.54) is 0 Å². The van der Waals surface area contributed by atoms with Gasteiger partial charge in [-0.3, -0.25) is 0 Å². The minimum Gasteiger partial charge on any atom is -0.379 e. The summed E-state index contributed by atoms with van der Waals surface area (Å²) in [5.74, 6) is 1.64. The third-order valence-electron chi connectivity index (χ3n) is 1.82. The molecule has 0 bridgehead atoms. The molecule has 2 aromatic heterocycles. The number of hydrogen-bond donors (Lipinski definition) is 1. The number of rotatable bonds is 3. The average Bonchev–Trinajstić information content (AvgIpc) is 2.81. The zero-order valence-corrected chi connectivity index (χ0v) is 10.6. The highest BCUT2D eigenvalue weighted by Crippen LogP contribution is 2.27. The van der Waals surface area contributed by atoms with E-state index in [0.29, 0.717) is 11.6 Å². The quantitative estimate of drug-likeness (QED) is 0.884. The van der Waals surface area contributed by atoms with Crippen molar-refractivity contribution in [3.05, 3.63) is 5.82 Å². The molecule has 7 nitrogen and oxygen atoms in total. The lowest BCUT2D eigenvalue weighted by Gasteiger charge is -2.15. The van der Waals surface area contributed by atoms with Gasteiger partial charge in [-0.2, -0.15) is 4.98 Å². The molecule has 2 rings (SSSR count). The molecule has 0 aliphatic heterocycles. The normalized spacial score (nSPS) is 11.9. The Labute approximate surface area is 102 Å². The molecular weight excluding hydrogens is 242 g/mol. The lowest BCUT2D eigenvalue weighted by Crippen LogP contribution is -2.07. The van der Waals surface area contributed by atoms with Gasteiger partial charge in [-0.1, -0.05) is 25.9 Å². The Hall–Kier alpha value is -1.57. The van der Waals surface area contributed by atoms with Gasteiger partial charge >= 0.3 is 0 Å². The van der Waals surface area contributed by atoms with Gasteiger partial charge in [0, 0.05) is 4.75 Å². The number of nitrogen functional groups attached to an aromatic ring is 1. The molecule has 0 aliphatic rings. The third kappa shape index (κ3) is 2.96. The maximum atomic E-state index is 5.52. The molecule has 17 heavy (non-hydrogen) atoms. The van der Waals surface area contributed by atoms with E-state index in [1.807, 2.05) is 0 Å². The smallest absolute Gasteiger partial charge is 0.284 e. The molecule has 92 valence electrons.